The molecular formula is C10H11N3O2. The van der Waals surface area contributed by atoms with Gasteiger partial charge in [-0.15, -0.1) is 0 Å². The summed E-state index contributed by atoms with van der Waals surface area (Å²) in [5.74, 6) is 0.651. The van der Waals surface area contributed by atoms with Crippen LogP contribution in [-0.2, 0) is 13.6 Å². The number of hydrogen-bond acceptors (Lipinski definition) is 3. The fraction of sp³-hybridized carbons (Fsp3) is 0.200. The van der Waals surface area contributed by atoms with Crippen LogP contribution in [0.25, 0.3) is 0 Å². The first-order valence-electron chi connectivity index (χ1n) is 4.54. The Labute approximate surface area is 86.7 Å². The molecule has 0 aromatic carbocycles. The summed E-state index contributed by atoms with van der Waals surface area (Å²) >= 11 is 0. The molecule has 1 N–H and O–H groups in total. The van der Waals surface area contributed by atoms with Gasteiger partial charge in [-0.25, -0.2) is 4.98 Å². The Balaban J connectivity index is 1.95. The number of rotatable bonds is 3. The molecule has 15 heavy (non-hydrogen) atoms. The number of hydrogen-bond donors (Lipinski definition) is 1. The Morgan fingerprint density at radius 2 is 2.53 bits per heavy atom. The molecular weight excluding hydrogens is 194 g/mol. The zero-order valence-electron chi connectivity index (χ0n) is 8.30. The van der Waals surface area contributed by atoms with Crippen molar-refractivity contribution >= 4 is 5.91 Å². The largest absolute Gasteiger partial charge is 0.472 e. The van der Waals surface area contributed by atoms with Gasteiger partial charge in [-0.3, -0.25) is 4.79 Å². The number of aryl methyl sites for hydroxylation is 1. The SMILES string of the molecule is Cn1ccnc1CNC(=O)c1ccoc1. The number of aromatic nitrogens is 2. The average Bonchev–Trinajstić information content (AvgIpc) is 2.85. The smallest absolute Gasteiger partial charge is 0.254 e. The lowest BCUT2D eigenvalue weighted by atomic mass is 10.3. The Hall–Kier alpha value is -2.04. The molecule has 0 saturated heterocycles. The van der Waals surface area contributed by atoms with Crippen LogP contribution in [0.1, 0.15) is 16.2 Å². The van der Waals surface area contributed by atoms with E-state index in [1.165, 1.54) is 12.5 Å². The first-order chi connectivity index (χ1) is 7.27. The summed E-state index contributed by atoms with van der Waals surface area (Å²) in [5.41, 5.74) is 0.518. The highest BCUT2D eigenvalue weighted by Crippen LogP contribution is 2.00. The van der Waals surface area contributed by atoms with Crippen molar-refractivity contribution in [3.05, 3.63) is 42.4 Å². The lowest BCUT2D eigenvalue weighted by molar-refractivity contribution is 0.0949. The number of nitrogens with zero attached hydrogens (tertiary/aromatic N) is 2. The van der Waals surface area contributed by atoms with Gasteiger partial charge in [0.15, 0.2) is 0 Å². The van der Waals surface area contributed by atoms with Crippen LogP contribution in [0.4, 0.5) is 0 Å². The number of furan rings is 1. The van der Waals surface area contributed by atoms with Crippen LogP contribution in [0, 0.1) is 0 Å². The van der Waals surface area contributed by atoms with E-state index in [0.29, 0.717) is 12.1 Å². The molecule has 0 radical (unpaired) electrons. The molecule has 0 unspecified atom stereocenters. The normalized spacial score (nSPS) is 10.2. The highest BCUT2D eigenvalue weighted by Gasteiger charge is 2.07. The maximum atomic E-state index is 11.5. The van der Waals surface area contributed by atoms with E-state index in [1.54, 1.807) is 12.3 Å². The van der Waals surface area contributed by atoms with Crippen LogP contribution in [0.15, 0.2) is 35.4 Å². The molecule has 2 rings (SSSR count). The maximum Gasteiger partial charge on any atom is 0.254 e. The van der Waals surface area contributed by atoms with Gasteiger partial charge in [0, 0.05) is 19.4 Å². The van der Waals surface area contributed by atoms with Crippen molar-refractivity contribution in [2.45, 2.75) is 6.54 Å². The Bertz CT molecular complexity index is 445. The minimum Gasteiger partial charge on any atom is -0.472 e. The molecule has 2 heterocycles. The zero-order chi connectivity index (χ0) is 10.7. The molecule has 5 nitrogen and oxygen atoms in total. The van der Waals surface area contributed by atoms with Crippen molar-refractivity contribution in [3.8, 4) is 0 Å². The highest BCUT2D eigenvalue weighted by molar-refractivity contribution is 5.93. The van der Waals surface area contributed by atoms with Gasteiger partial charge in [-0.1, -0.05) is 0 Å². The standard InChI is InChI=1S/C10H11N3O2/c1-13-4-3-11-9(13)6-12-10(14)8-2-5-15-7-8/h2-5,7H,6H2,1H3,(H,12,14). The molecule has 78 valence electrons. The predicted octanol–water partition coefficient (Wildman–Crippen LogP) is 0.943. The van der Waals surface area contributed by atoms with E-state index in [2.05, 4.69) is 10.3 Å². The molecule has 0 aliphatic heterocycles. The monoisotopic (exact) mass is 205 g/mol. The minimum absolute atomic E-state index is 0.160. The zero-order valence-corrected chi connectivity index (χ0v) is 8.30. The molecule has 1 amide bonds. The first-order valence-corrected chi connectivity index (χ1v) is 4.54. The minimum atomic E-state index is -0.160. The summed E-state index contributed by atoms with van der Waals surface area (Å²) < 4.78 is 6.67. The van der Waals surface area contributed by atoms with Crippen LogP contribution in [0.5, 0.6) is 0 Å². The van der Waals surface area contributed by atoms with Gasteiger partial charge in [0.2, 0.25) is 0 Å². The topological polar surface area (TPSA) is 60.1 Å². The predicted molar refractivity (Wildman–Crippen MR) is 53.1 cm³/mol. The number of carbonyl (C=O) groups excluding carboxylic acids is 1. The summed E-state index contributed by atoms with van der Waals surface area (Å²) in [6.07, 6.45) is 6.40. The molecule has 0 aliphatic rings. The third-order valence-corrected chi connectivity index (χ3v) is 2.11. The fourth-order valence-electron chi connectivity index (χ4n) is 1.22. The second-order valence-corrected chi connectivity index (χ2v) is 3.15. The molecule has 0 bridgehead atoms. The van der Waals surface area contributed by atoms with Crippen LogP contribution in [0.3, 0.4) is 0 Å². The van der Waals surface area contributed by atoms with Crippen molar-refractivity contribution in [2.24, 2.45) is 7.05 Å². The molecule has 0 saturated carbocycles. The van der Waals surface area contributed by atoms with Gasteiger partial charge >= 0.3 is 0 Å². The number of amides is 1. The van der Waals surface area contributed by atoms with Gasteiger partial charge in [0.25, 0.3) is 5.91 Å². The number of nitrogens with one attached hydrogen (secondary N) is 1. The fourth-order valence-corrected chi connectivity index (χ4v) is 1.22. The van der Waals surface area contributed by atoms with Gasteiger partial charge < -0.3 is 14.3 Å². The van der Waals surface area contributed by atoms with Crippen molar-refractivity contribution in [3.63, 3.8) is 0 Å². The molecule has 2 aromatic heterocycles. The van der Waals surface area contributed by atoms with Gasteiger partial charge in [0.1, 0.15) is 12.1 Å². The summed E-state index contributed by atoms with van der Waals surface area (Å²) in [6, 6.07) is 1.62. The van der Waals surface area contributed by atoms with Gasteiger partial charge in [-0.05, 0) is 6.07 Å². The quantitative estimate of drug-likeness (QED) is 0.811. The van der Waals surface area contributed by atoms with Crippen LogP contribution >= 0.6 is 0 Å². The lowest BCUT2D eigenvalue weighted by Crippen LogP contribution is -2.23. The molecule has 0 atom stereocenters. The third kappa shape index (κ3) is 2.07. The van der Waals surface area contributed by atoms with Gasteiger partial charge in [0.05, 0.1) is 18.4 Å². The van der Waals surface area contributed by atoms with Crippen molar-refractivity contribution in [2.75, 3.05) is 0 Å². The second kappa shape index (κ2) is 4.00. The van der Waals surface area contributed by atoms with E-state index < -0.39 is 0 Å². The summed E-state index contributed by atoms with van der Waals surface area (Å²) in [5, 5.41) is 2.75. The Kier molecular flexibility index (Phi) is 2.53. The Morgan fingerprint density at radius 3 is 3.13 bits per heavy atom. The van der Waals surface area contributed by atoms with E-state index in [0.717, 1.165) is 5.82 Å². The van der Waals surface area contributed by atoms with Gasteiger partial charge in [-0.2, -0.15) is 0 Å². The maximum absolute atomic E-state index is 11.5. The summed E-state index contributed by atoms with van der Waals surface area (Å²) in [7, 11) is 1.88. The van der Waals surface area contributed by atoms with Crippen LogP contribution in [-0.4, -0.2) is 15.5 Å². The van der Waals surface area contributed by atoms with Crippen molar-refractivity contribution < 1.29 is 9.21 Å². The highest BCUT2D eigenvalue weighted by atomic mass is 16.3. The Morgan fingerprint density at radius 1 is 1.67 bits per heavy atom. The van der Waals surface area contributed by atoms with E-state index >= 15 is 0 Å². The number of imidazole rings is 1. The summed E-state index contributed by atoms with van der Waals surface area (Å²) in [4.78, 5) is 15.6. The average molecular weight is 205 g/mol. The van der Waals surface area contributed by atoms with Crippen molar-refractivity contribution in [1.29, 1.82) is 0 Å². The molecule has 0 fully saturated rings. The molecule has 5 heteroatoms. The second-order valence-electron chi connectivity index (χ2n) is 3.15. The van der Waals surface area contributed by atoms with E-state index in [9.17, 15) is 4.79 Å². The molecule has 0 spiro atoms. The van der Waals surface area contributed by atoms with Crippen LogP contribution < -0.4 is 5.32 Å². The van der Waals surface area contributed by atoms with Crippen LogP contribution in [0.2, 0.25) is 0 Å². The molecule has 2 aromatic rings. The lowest BCUT2D eigenvalue weighted by Gasteiger charge is -2.03. The third-order valence-electron chi connectivity index (χ3n) is 2.11. The summed E-state index contributed by atoms with van der Waals surface area (Å²) in [6.45, 7) is 0.410. The molecule has 0 aliphatic carbocycles. The first kappa shape index (κ1) is 9.51. The number of carbonyl (C=O) groups is 1. The van der Waals surface area contributed by atoms with E-state index in [-0.39, 0.29) is 5.91 Å². The van der Waals surface area contributed by atoms with E-state index in [4.69, 9.17) is 4.42 Å². The van der Waals surface area contributed by atoms with Crippen molar-refractivity contribution in [1.82, 2.24) is 14.9 Å². The van der Waals surface area contributed by atoms with E-state index in [1.807, 2.05) is 17.8 Å².